The van der Waals surface area contributed by atoms with Gasteiger partial charge in [0.05, 0.1) is 0 Å². The van der Waals surface area contributed by atoms with E-state index in [4.69, 9.17) is 11.5 Å². The van der Waals surface area contributed by atoms with E-state index in [1.165, 1.54) is 11.1 Å². The summed E-state index contributed by atoms with van der Waals surface area (Å²) < 4.78 is 0. The molecular formula is C14H18N2. The third-order valence-corrected chi connectivity index (χ3v) is 2.45. The molecule has 0 spiro atoms. The van der Waals surface area contributed by atoms with E-state index in [2.05, 4.69) is 13.0 Å². The van der Waals surface area contributed by atoms with Crippen LogP contribution in [0.1, 0.15) is 11.1 Å². The van der Waals surface area contributed by atoms with E-state index in [0.717, 1.165) is 11.4 Å². The standard InChI is InChI=1S/C8H11N.C6H7N/c1-6-4-3-5-8(9)7(6)2;7-6-4-2-1-3-5-6/h3-5H,9H2,1-2H3;1-5H,7H2. The van der Waals surface area contributed by atoms with Gasteiger partial charge in [0, 0.05) is 11.4 Å². The van der Waals surface area contributed by atoms with Crippen molar-refractivity contribution in [2.45, 2.75) is 13.8 Å². The summed E-state index contributed by atoms with van der Waals surface area (Å²) in [4.78, 5) is 0. The van der Waals surface area contributed by atoms with E-state index in [-0.39, 0.29) is 0 Å². The monoisotopic (exact) mass is 214 g/mol. The Morgan fingerprint density at radius 3 is 1.75 bits per heavy atom. The average molecular weight is 214 g/mol. The highest BCUT2D eigenvalue weighted by Crippen LogP contribution is 2.13. The van der Waals surface area contributed by atoms with Crippen molar-refractivity contribution in [3.8, 4) is 0 Å². The second-order valence-electron chi connectivity index (χ2n) is 3.70. The smallest absolute Gasteiger partial charge is 0.0346 e. The van der Waals surface area contributed by atoms with Crippen molar-refractivity contribution in [2.75, 3.05) is 11.5 Å². The van der Waals surface area contributed by atoms with Crippen molar-refractivity contribution in [3.05, 3.63) is 59.7 Å². The molecule has 4 N–H and O–H groups in total. The second kappa shape index (κ2) is 5.81. The highest BCUT2D eigenvalue weighted by Gasteiger charge is 1.92. The molecule has 2 nitrogen and oxygen atoms in total. The van der Waals surface area contributed by atoms with Crippen molar-refractivity contribution in [1.29, 1.82) is 0 Å². The third-order valence-electron chi connectivity index (χ3n) is 2.45. The fourth-order valence-corrected chi connectivity index (χ4v) is 1.23. The highest BCUT2D eigenvalue weighted by molar-refractivity contribution is 5.49. The lowest BCUT2D eigenvalue weighted by molar-refractivity contribution is 1.35. The lowest BCUT2D eigenvalue weighted by atomic mass is 10.1. The molecule has 2 aromatic carbocycles. The Bertz CT molecular complexity index is 415. The third kappa shape index (κ3) is 3.65. The van der Waals surface area contributed by atoms with E-state index in [1.807, 2.05) is 49.4 Å². The van der Waals surface area contributed by atoms with E-state index < -0.39 is 0 Å². The molecule has 0 atom stereocenters. The van der Waals surface area contributed by atoms with Crippen LogP contribution in [-0.2, 0) is 0 Å². The summed E-state index contributed by atoms with van der Waals surface area (Å²) >= 11 is 0. The lowest BCUT2D eigenvalue weighted by Gasteiger charge is -2.00. The van der Waals surface area contributed by atoms with Crippen LogP contribution in [-0.4, -0.2) is 0 Å². The Kier molecular flexibility index (Phi) is 4.40. The van der Waals surface area contributed by atoms with E-state index in [9.17, 15) is 0 Å². The lowest BCUT2D eigenvalue weighted by Crippen LogP contribution is -1.90. The summed E-state index contributed by atoms with van der Waals surface area (Å²) in [7, 11) is 0. The van der Waals surface area contributed by atoms with Crippen LogP contribution in [0.25, 0.3) is 0 Å². The molecule has 0 unspecified atom stereocenters. The van der Waals surface area contributed by atoms with Crippen molar-refractivity contribution in [3.63, 3.8) is 0 Å². The number of aryl methyl sites for hydroxylation is 1. The summed E-state index contributed by atoms with van der Waals surface area (Å²) in [5.41, 5.74) is 15.1. The molecule has 0 heterocycles. The summed E-state index contributed by atoms with van der Waals surface area (Å²) in [6.07, 6.45) is 0. The predicted octanol–water partition coefficient (Wildman–Crippen LogP) is 3.15. The normalized spacial score (nSPS) is 9.12. The first-order valence-electron chi connectivity index (χ1n) is 5.23. The Labute approximate surface area is 96.9 Å². The van der Waals surface area contributed by atoms with Crippen molar-refractivity contribution in [1.82, 2.24) is 0 Å². The Hall–Kier alpha value is -1.96. The SMILES string of the molecule is Cc1cccc(N)c1C.Nc1ccccc1. The van der Waals surface area contributed by atoms with Gasteiger partial charge in [-0.3, -0.25) is 0 Å². The molecule has 0 aliphatic heterocycles. The van der Waals surface area contributed by atoms with E-state index >= 15 is 0 Å². The fourth-order valence-electron chi connectivity index (χ4n) is 1.23. The summed E-state index contributed by atoms with van der Waals surface area (Å²) in [5.74, 6) is 0. The van der Waals surface area contributed by atoms with Crippen LogP contribution < -0.4 is 11.5 Å². The molecule has 0 saturated heterocycles. The Morgan fingerprint density at radius 2 is 1.38 bits per heavy atom. The van der Waals surface area contributed by atoms with Crippen molar-refractivity contribution >= 4 is 11.4 Å². The number of rotatable bonds is 0. The molecule has 0 amide bonds. The summed E-state index contributed by atoms with van der Waals surface area (Å²) in [6, 6.07) is 15.4. The number of nitrogen functional groups attached to an aromatic ring is 2. The number of para-hydroxylation sites is 1. The number of hydrogen-bond acceptors (Lipinski definition) is 2. The molecule has 0 radical (unpaired) electrons. The van der Waals surface area contributed by atoms with Gasteiger partial charge in [-0.2, -0.15) is 0 Å². The minimum atomic E-state index is 0.822. The molecule has 0 aromatic heterocycles. The summed E-state index contributed by atoms with van der Waals surface area (Å²) in [5, 5.41) is 0. The van der Waals surface area contributed by atoms with Crippen LogP contribution in [0.5, 0.6) is 0 Å². The Morgan fingerprint density at radius 1 is 0.750 bits per heavy atom. The first-order valence-corrected chi connectivity index (χ1v) is 5.23. The van der Waals surface area contributed by atoms with E-state index in [0.29, 0.717) is 0 Å². The molecule has 0 aliphatic carbocycles. The topological polar surface area (TPSA) is 52.0 Å². The number of anilines is 2. The predicted molar refractivity (Wildman–Crippen MR) is 71.2 cm³/mol. The fraction of sp³-hybridized carbons (Fsp3) is 0.143. The zero-order valence-electron chi connectivity index (χ0n) is 9.77. The van der Waals surface area contributed by atoms with Gasteiger partial charge in [0.1, 0.15) is 0 Å². The van der Waals surface area contributed by atoms with Crippen LogP contribution in [0.2, 0.25) is 0 Å². The van der Waals surface area contributed by atoms with Crippen LogP contribution >= 0.6 is 0 Å². The zero-order valence-corrected chi connectivity index (χ0v) is 9.77. The molecule has 2 aromatic rings. The quantitative estimate of drug-likeness (QED) is 0.662. The molecule has 84 valence electrons. The van der Waals surface area contributed by atoms with Gasteiger partial charge in [0.2, 0.25) is 0 Å². The molecule has 2 rings (SSSR count). The van der Waals surface area contributed by atoms with Gasteiger partial charge in [-0.25, -0.2) is 0 Å². The second-order valence-corrected chi connectivity index (χ2v) is 3.70. The first-order chi connectivity index (χ1) is 7.61. The number of nitrogens with two attached hydrogens (primary N) is 2. The minimum Gasteiger partial charge on any atom is -0.399 e. The average Bonchev–Trinajstić information content (AvgIpc) is 2.28. The summed E-state index contributed by atoms with van der Waals surface area (Å²) in [6.45, 7) is 4.09. The molecule has 0 fully saturated rings. The van der Waals surface area contributed by atoms with Crippen molar-refractivity contribution < 1.29 is 0 Å². The van der Waals surface area contributed by atoms with Gasteiger partial charge in [0.15, 0.2) is 0 Å². The van der Waals surface area contributed by atoms with Gasteiger partial charge < -0.3 is 11.5 Å². The van der Waals surface area contributed by atoms with Crippen molar-refractivity contribution in [2.24, 2.45) is 0 Å². The van der Waals surface area contributed by atoms with Gasteiger partial charge in [-0.1, -0.05) is 30.3 Å². The number of benzene rings is 2. The molecule has 16 heavy (non-hydrogen) atoms. The molecule has 0 saturated carbocycles. The maximum atomic E-state index is 5.62. The van der Waals surface area contributed by atoms with Gasteiger partial charge >= 0.3 is 0 Å². The molecule has 0 bridgehead atoms. The van der Waals surface area contributed by atoms with Gasteiger partial charge in [-0.05, 0) is 43.2 Å². The molecule has 2 heteroatoms. The maximum Gasteiger partial charge on any atom is 0.0346 e. The molecular weight excluding hydrogens is 196 g/mol. The minimum absolute atomic E-state index is 0.822. The Balaban J connectivity index is 0.000000165. The van der Waals surface area contributed by atoms with E-state index in [1.54, 1.807) is 0 Å². The highest BCUT2D eigenvalue weighted by atomic mass is 14.6. The van der Waals surface area contributed by atoms with Gasteiger partial charge in [0.25, 0.3) is 0 Å². The van der Waals surface area contributed by atoms with Crippen LogP contribution in [0, 0.1) is 13.8 Å². The first kappa shape index (κ1) is 12.1. The van der Waals surface area contributed by atoms with Crippen LogP contribution in [0.15, 0.2) is 48.5 Å². The van der Waals surface area contributed by atoms with Gasteiger partial charge in [-0.15, -0.1) is 0 Å². The molecule has 0 aliphatic rings. The zero-order chi connectivity index (χ0) is 12.0. The maximum absolute atomic E-state index is 5.62. The number of hydrogen-bond donors (Lipinski definition) is 2. The van der Waals surface area contributed by atoms with Crippen LogP contribution in [0.3, 0.4) is 0 Å². The van der Waals surface area contributed by atoms with Crippen LogP contribution in [0.4, 0.5) is 11.4 Å². The largest absolute Gasteiger partial charge is 0.399 e.